The van der Waals surface area contributed by atoms with Crippen molar-refractivity contribution >= 4 is 34.9 Å². The summed E-state index contributed by atoms with van der Waals surface area (Å²) in [4.78, 5) is 30.4. The molecule has 1 aliphatic carbocycles. The van der Waals surface area contributed by atoms with Crippen LogP contribution in [0.15, 0.2) is 36.5 Å². The number of benzene rings is 1. The summed E-state index contributed by atoms with van der Waals surface area (Å²) < 4.78 is 19.2. The smallest absolute Gasteiger partial charge is 0.321 e. The standard InChI is InChI=1S/C22H24ClFN4O3/c23-18-12-15(4-6-19(18)24)27-22(30)28-10-8-17(9-11-28)31-20-7-5-16(13-25-20)26-21(29)14-2-1-3-14/h4-7,12-14,17H,1-3,8-11H2,(H,26,29)(H,27,30). The SMILES string of the molecule is O=C(Nc1ccc(OC2CCN(C(=O)Nc3ccc(F)c(Cl)c3)CC2)nc1)C1CCC1. The number of piperidine rings is 1. The summed E-state index contributed by atoms with van der Waals surface area (Å²) in [5, 5.41) is 5.58. The van der Waals surface area contributed by atoms with Gasteiger partial charge < -0.3 is 20.3 Å². The Balaban J connectivity index is 1.22. The number of nitrogens with zero attached hydrogens (tertiary/aromatic N) is 2. The van der Waals surface area contributed by atoms with E-state index in [0.29, 0.717) is 43.2 Å². The van der Waals surface area contributed by atoms with Crippen LogP contribution in [-0.2, 0) is 4.79 Å². The van der Waals surface area contributed by atoms with Gasteiger partial charge in [0.1, 0.15) is 11.9 Å². The number of ether oxygens (including phenoxy) is 1. The molecule has 2 aliphatic rings. The van der Waals surface area contributed by atoms with Crippen molar-refractivity contribution in [3.8, 4) is 5.88 Å². The minimum atomic E-state index is -0.528. The first-order chi connectivity index (χ1) is 15.0. The molecule has 1 aromatic carbocycles. The minimum absolute atomic E-state index is 0.0361. The van der Waals surface area contributed by atoms with Crippen molar-refractivity contribution in [3.63, 3.8) is 0 Å². The number of hydrogen-bond acceptors (Lipinski definition) is 4. The second-order valence-corrected chi connectivity index (χ2v) is 8.27. The number of amides is 3. The van der Waals surface area contributed by atoms with Gasteiger partial charge in [0.2, 0.25) is 11.8 Å². The van der Waals surface area contributed by atoms with Crippen LogP contribution in [-0.4, -0.2) is 41.0 Å². The highest BCUT2D eigenvalue weighted by Crippen LogP contribution is 2.28. The molecule has 2 N–H and O–H groups in total. The van der Waals surface area contributed by atoms with Gasteiger partial charge in [-0.1, -0.05) is 18.0 Å². The number of anilines is 2. The number of nitrogens with one attached hydrogen (secondary N) is 2. The molecule has 0 unspecified atom stereocenters. The molecule has 2 heterocycles. The van der Waals surface area contributed by atoms with Crippen LogP contribution >= 0.6 is 11.6 Å². The molecule has 0 bridgehead atoms. The third-order valence-electron chi connectivity index (χ3n) is 5.67. The van der Waals surface area contributed by atoms with E-state index >= 15 is 0 Å². The molecule has 31 heavy (non-hydrogen) atoms. The van der Waals surface area contributed by atoms with E-state index < -0.39 is 5.82 Å². The van der Waals surface area contributed by atoms with Crippen molar-refractivity contribution in [1.29, 1.82) is 0 Å². The second kappa shape index (κ2) is 9.51. The first-order valence-corrected chi connectivity index (χ1v) is 10.8. The molecule has 2 aromatic rings. The van der Waals surface area contributed by atoms with Gasteiger partial charge >= 0.3 is 6.03 Å². The molecular formula is C22H24ClFN4O3. The highest BCUT2D eigenvalue weighted by atomic mass is 35.5. The zero-order chi connectivity index (χ0) is 21.8. The molecule has 7 nitrogen and oxygen atoms in total. The zero-order valence-electron chi connectivity index (χ0n) is 16.9. The van der Waals surface area contributed by atoms with Crippen LogP contribution in [0.2, 0.25) is 5.02 Å². The predicted molar refractivity (Wildman–Crippen MR) is 116 cm³/mol. The molecule has 9 heteroatoms. The molecule has 3 amide bonds. The van der Waals surface area contributed by atoms with E-state index in [9.17, 15) is 14.0 Å². The summed E-state index contributed by atoms with van der Waals surface area (Å²) in [6.45, 7) is 1.06. The van der Waals surface area contributed by atoms with Gasteiger partial charge in [0.05, 0.1) is 16.9 Å². The van der Waals surface area contributed by atoms with Crippen molar-refractivity contribution in [3.05, 3.63) is 47.4 Å². The number of carbonyl (C=O) groups excluding carboxylic acids is 2. The molecular weight excluding hydrogens is 423 g/mol. The lowest BCUT2D eigenvalue weighted by Crippen LogP contribution is -2.43. The summed E-state index contributed by atoms with van der Waals surface area (Å²) in [6, 6.07) is 7.34. The summed E-state index contributed by atoms with van der Waals surface area (Å²) in [6.07, 6.45) is 5.90. The summed E-state index contributed by atoms with van der Waals surface area (Å²) >= 11 is 5.75. The first kappa shape index (κ1) is 21.4. The fraction of sp³-hybridized carbons (Fsp3) is 0.409. The third kappa shape index (κ3) is 5.44. The van der Waals surface area contributed by atoms with Gasteiger partial charge in [-0.25, -0.2) is 14.2 Å². The van der Waals surface area contributed by atoms with Crippen LogP contribution in [0.4, 0.5) is 20.6 Å². The number of halogens is 2. The van der Waals surface area contributed by atoms with E-state index in [4.69, 9.17) is 16.3 Å². The van der Waals surface area contributed by atoms with E-state index in [1.807, 2.05) is 0 Å². The number of pyridine rings is 1. The molecule has 0 spiro atoms. The van der Waals surface area contributed by atoms with E-state index in [2.05, 4.69) is 15.6 Å². The topological polar surface area (TPSA) is 83.6 Å². The number of hydrogen-bond donors (Lipinski definition) is 2. The molecule has 164 valence electrons. The maximum Gasteiger partial charge on any atom is 0.321 e. The van der Waals surface area contributed by atoms with Gasteiger partial charge in [-0.05, 0) is 37.1 Å². The maximum absolute atomic E-state index is 13.2. The van der Waals surface area contributed by atoms with Gasteiger partial charge in [0, 0.05) is 43.6 Å². The number of aromatic nitrogens is 1. The van der Waals surface area contributed by atoms with Gasteiger partial charge in [0.25, 0.3) is 0 Å². The fourth-order valence-corrected chi connectivity index (χ4v) is 3.74. The average Bonchev–Trinajstić information content (AvgIpc) is 2.71. The number of likely N-dealkylation sites (tertiary alicyclic amines) is 1. The van der Waals surface area contributed by atoms with Crippen molar-refractivity contribution in [2.45, 2.75) is 38.2 Å². The number of rotatable bonds is 5. The van der Waals surface area contributed by atoms with Crippen LogP contribution in [0, 0.1) is 11.7 Å². The Kier molecular flexibility index (Phi) is 6.56. The Bertz CT molecular complexity index is 944. The number of urea groups is 1. The highest BCUT2D eigenvalue weighted by Gasteiger charge is 2.26. The van der Waals surface area contributed by atoms with Crippen LogP contribution in [0.25, 0.3) is 0 Å². The summed E-state index contributed by atoms with van der Waals surface area (Å²) in [5.41, 5.74) is 1.11. The number of carbonyl (C=O) groups is 2. The average molecular weight is 447 g/mol. The lowest BCUT2D eigenvalue weighted by Gasteiger charge is -2.32. The maximum atomic E-state index is 13.2. The monoisotopic (exact) mass is 446 g/mol. The molecule has 0 atom stereocenters. The van der Waals surface area contributed by atoms with E-state index in [-0.39, 0.29) is 29.0 Å². The Hall–Kier alpha value is -2.87. The second-order valence-electron chi connectivity index (χ2n) is 7.87. The summed E-state index contributed by atoms with van der Waals surface area (Å²) in [5.74, 6) is 0.138. The third-order valence-corrected chi connectivity index (χ3v) is 5.96. The van der Waals surface area contributed by atoms with Crippen molar-refractivity contribution < 1.29 is 18.7 Å². The van der Waals surface area contributed by atoms with E-state index in [0.717, 1.165) is 19.3 Å². The van der Waals surface area contributed by atoms with Gasteiger partial charge in [-0.15, -0.1) is 0 Å². The van der Waals surface area contributed by atoms with Gasteiger partial charge in [0.15, 0.2) is 0 Å². The Morgan fingerprint density at radius 1 is 1.06 bits per heavy atom. The van der Waals surface area contributed by atoms with Gasteiger partial charge in [-0.2, -0.15) is 0 Å². The van der Waals surface area contributed by atoms with Gasteiger partial charge in [-0.3, -0.25) is 4.79 Å². The molecule has 2 fully saturated rings. The molecule has 4 rings (SSSR count). The first-order valence-electron chi connectivity index (χ1n) is 10.4. The van der Waals surface area contributed by atoms with Crippen LogP contribution in [0.5, 0.6) is 5.88 Å². The van der Waals surface area contributed by atoms with Crippen molar-refractivity contribution in [1.82, 2.24) is 9.88 Å². The lowest BCUT2D eigenvalue weighted by molar-refractivity contribution is -0.122. The largest absolute Gasteiger partial charge is 0.474 e. The molecule has 0 radical (unpaired) electrons. The molecule has 1 saturated heterocycles. The molecule has 1 saturated carbocycles. The van der Waals surface area contributed by atoms with Crippen molar-refractivity contribution in [2.75, 3.05) is 23.7 Å². The Morgan fingerprint density at radius 2 is 1.81 bits per heavy atom. The molecule has 1 aliphatic heterocycles. The normalized spacial score (nSPS) is 17.0. The summed E-state index contributed by atoms with van der Waals surface area (Å²) in [7, 11) is 0. The molecule has 1 aromatic heterocycles. The van der Waals surface area contributed by atoms with Crippen LogP contribution < -0.4 is 15.4 Å². The van der Waals surface area contributed by atoms with E-state index in [1.54, 1.807) is 23.2 Å². The minimum Gasteiger partial charge on any atom is -0.474 e. The Morgan fingerprint density at radius 3 is 2.42 bits per heavy atom. The Labute approximate surface area is 184 Å². The quantitative estimate of drug-likeness (QED) is 0.698. The predicted octanol–water partition coefficient (Wildman–Crippen LogP) is 4.69. The zero-order valence-corrected chi connectivity index (χ0v) is 17.7. The van der Waals surface area contributed by atoms with Crippen molar-refractivity contribution in [2.24, 2.45) is 5.92 Å². The fourth-order valence-electron chi connectivity index (χ4n) is 3.56. The van der Waals surface area contributed by atoms with Crippen LogP contribution in [0.1, 0.15) is 32.1 Å². The van der Waals surface area contributed by atoms with E-state index in [1.165, 1.54) is 18.2 Å². The highest BCUT2D eigenvalue weighted by molar-refractivity contribution is 6.31. The lowest BCUT2D eigenvalue weighted by atomic mass is 9.85. The van der Waals surface area contributed by atoms with Crippen LogP contribution in [0.3, 0.4) is 0 Å².